The van der Waals surface area contributed by atoms with Gasteiger partial charge in [0.05, 0.1) is 17.5 Å². The van der Waals surface area contributed by atoms with E-state index >= 15 is 0 Å². The van der Waals surface area contributed by atoms with Crippen LogP contribution >= 0.6 is 0 Å². The van der Waals surface area contributed by atoms with Crippen molar-refractivity contribution in [3.05, 3.63) is 35.0 Å². The first-order valence-corrected chi connectivity index (χ1v) is 11.5. The number of fused-ring (bicyclic) bond motifs is 1. The Kier molecular flexibility index (Phi) is 5.77. The second kappa shape index (κ2) is 8.85. The van der Waals surface area contributed by atoms with E-state index in [0.717, 1.165) is 68.5 Å². The Balaban J connectivity index is 1.37. The second-order valence-electron chi connectivity index (χ2n) is 8.88. The third-order valence-electron chi connectivity index (χ3n) is 6.68. The molecule has 1 saturated carbocycles. The minimum Gasteiger partial charge on any atom is -0.391 e. The maximum absolute atomic E-state index is 12.6. The van der Waals surface area contributed by atoms with Crippen molar-refractivity contribution in [1.82, 2.24) is 29.5 Å². The Bertz CT molecular complexity index is 1140. The number of piperidine rings is 1. The molecule has 3 aromatic rings. The fourth-order valence-corrected chi connectivity index (χ4v) is 5.00. The second-order valence-corrected chi connectivity index (χ2v) is 8.88. The lowest BCUT2D eigenvalue weighted by Gasteiger charge is -2.37. The summed E-state index contributed by atoms with van der Waals surface area (Å²) in [7, 11) is 1.87. The SMILES string of the molecule is Cn1cc2c(NCC3CCCCN3c3ccc(=O)n(C4CCCCC4O)n3)ncnc2n1. The summed E-state index contributed by atoms with van der Waals surface area (Å²) >= 11 is 0. The number of aliphatic hydroxyl groups is 1. The van der Waals surface area contributed by atoms with Crippen molar-refractivity contribution < 1.29 is 5.11 Å². The molecule has 5 rings (SSSR count). The van der Waals surface area contributed by atoms with Crippen LogP contribution in [0.3, 0.4) is 0 Å². The maximum atomic E-state index is 12.6. The van der Waals surface area contributed by atoms with Crippen LogP contribution < -0.4 is 15.8 Å². The Morgan fingerprint density at radius 3 is 2.81 bits per heavy atom. The predicted molar refractivity (Wildman–Crippen MR) is 122 cm³/mol. The normalized spacial score (nSPS) is 24.1. The molecule has 0 aromatic carbocycles. The van der Waals surface area contributed by atoms with Gasteiger partial charge in [0, 0.05) is 38.4 Å². The van der Waals surface area contributed by atoms with E-state index in [1.54, 1.807) is 10.7 Å². The van der Waals surface area contributed by atoms with E-state index in [2.05, 4.69) is 25.3 Å². The standard InChI is InChI=1S/C22H30N8O2/c1-28-13-16-21(24-14-25-22(16)27-28)23-12-15-6-4-5-11-29(15)19-9-10-20(32)30(26-19)17-7-2-3-8-18(17)31/h9-10,13-15,17-18,31H,2-8,11-12H2,1H3,(H,23,24,25,27). The van der Waals surface area contributed by atoms with Gasteiger partial charge in [-0.1, -0.05) is 12.8 Å². The van der Waals surface area contributed by atoms with Gasteiger partial charge in [-0.25, -0.2) is 14.6 Å². The van der Waals surface area contributed by atoms with Gasteiger partial charge < -0.3 is 15.3 Å². The van der Waals surface area contributed by atoms with Crippen molar-refractivity contribution in [3.63, 3.8) is 0 Å². The van der Waals surface area contributed by atoms with Gasteiger partial charge in [-0.05, 0) is 38.2 Å². The van der Waals surface area contributed by atoms with Gasteiger partial charge in [0.2, 0.25) is 0 Å². The van der Waals surface area contributed by atoms with Gasteiger partial charge in [0.15, 0.2) is 5.65 Å². The summed E-state index contributed by atoms with van der Waals surface area (Å²) in [5.41, 5.74) is 0.525. The zero-order valence-electron chi connectivity index (χ0n) is 18.4. The Hall–Kier alpha value is -3.01. The van der Waals surface area contributed by atoms with Crippen LogP contribution in [-0.2, 0) is 7.05 Å². The van der Waals surface area contributed by atoms with Gasteiger partial charge in [-0.3, -0.25) is 9.48 Å². The molecule has 1 saturated heterocycles. The number of aryl methyl sites for hydroxylation is 1. The van der Waals surface area contributed by atoms with Crippen LogP contribution in [0.5, 0.6) is 0 Å². The van der Waals surface area contributed by atoms with Crippen molar-refractivity contribution in [2.75, 3.05) is 23.3 Å². The molecular formula is C22H30N8O2. The zero-order valence-corrected chi connectivity index (χ0v) is 18.4. The number of aromatic nitrogens is 6. The van der Waals surface area contributed by atoms with Gasteiger partial charge in [-0.2, -0.15) is 10.2 Å². The van der Waals surface area contributed by atoms with Gasteiger partial charge >= 0.3 is 0 Å². The molecule has 4 heterocycles. The molecule has 2 fully saturated rings. The summed E-state index contributed by atoms with van der Waals surface area (Å²) in [4.78, 5) is 23.5. The maximum Gasteiger partial charge on any atom is 0.267 e. The van der Waals surface area contributed by atoms with Crippen LogP contribution in [0.15, 0.2) is 29.5 Å². The molecule has 170 valence electrons. The fourth-order valence-electron chi connectivity index (χ4n) is 5.00. The van der Waals surface area contributed by atoms with E-state index in [-0.39, 0.29) is 17.6 Å². The largest absolute Gasteiger partial charge is 0.391 e. The van der Waals surface area contributed by atoms with Crippen LogP contribution in [0.4, 0.5) is 11.6 Å². The summed E-state index contributed by atoms with van der Waals surface area (Å²) in [5, 5.41) is 23.9. The summed E-state index contributed by atoms with van der Waals surface area (Å²) in [6.45, 7) is 1.59. The smallest absolute Gasteiger partial charge is 0.267 e. The molecule has 10 nitrogen and oxygen atoms in total. The highest BCUT2D eigenvalue weighted by Crippen LogP contribution is 2.29. The number of aliphatic hydroxyl groups excluding tert-OH is 1. The minimum absolute atomic E-state index is 0.147. The highest BCUT2D eigenvalue weighted by molar-refractivity contribution is 5.85. The minimum atomic E-state index is -0.511. The molecule has 10 heteroatoms. The highest BCUT2D eigenvalue weighted by Gasteiger charge is 2.29. The Labute approximate surface area is 186 Å². The van der Waals surface area contributed by atoms with Crippen molar-refractivity contribution in [1.29, 1.82) is 0 Å². The van der Waals surface area contributed by atoms with Crippen LogP contribution in [0.2, 0.25) is 0 Å². The van der Waals surface area contributed by atoms with E-state index in [9.17, 15) is 9.90 Å². The first-order valence-electron chi connectivity index (χ1n) is 11.5. The number of nitrogens with one attached hydrogen (secondary N) is 1. The fraction of sp³-hybridized carbons (Fsp3) is 0.591. The molecule has 32 heavy (non-hydrogen) atoms. The van der Waals surface area contributed by atoms with E-state index in [1.165, 1.54) is 11.0 Å². The quantitative estimate of drug-likeness (QED) is 0.621. The first kappa shape index (κ1) is 20.9. The van der Waals surface area contributed by atoms with E-state index < -0.39 is 6.10 Å². The van der Waals surface area contributed by atoms with Crippen molar-refractivity contribution in [2.24, 2.45) is 7.05 Å². The predicted octanol–water partition coefficient (Wildman–Crippen LogP) is 1.87. The van der Waals surface area contributed by atoms with Crippen LogP contribution in [0, 0.1) is 0 Å². The molecule has 2 N–H and O–H groups in total. The Morgan fingerprint density at radius 1 is 1.09 bits per heavy atom. The number of anilines is 2. The molecule has 0 radical (unpaired) electrons. The van der Waals surface area contributed by atoms with Gasteiger partial charge in [0.1, 0.15) is 18.0 Å². The number of rotatable bonds is 5. The summed E-state index contributed by atoms with van der Waals surface area (Å²) in [6.07, 6.45) is 9.73. The lowest BCUT2D eigenvalue weighted by atomic mass is 9.93. The highest BCUT2D eigenvalue weighted by atomic mass is 16.3. The summed E-state index contributed by atoms with van der Waals surface area (Å²) in [5.74, 6) is 1.57. The monoisotopic (exact) mass is 438 g/mol. The van der Waals surface area contributed by atoms with Crippen molar-refractivity contribution in [2.45, 2.75) is 63.1 Å². The molecular weight excluding hydrogens is 408 g/mol. The number of hydrogen-bond acceptors (Lipinski definition) is 8. The molecule has 0 bridgehead atoms. The molecule has 2 aliphatic rings. The van der Waals surface area contributed by atoms with Crippen molar-refractivity contribution in [3.8, 4) is 0 Å². The average molecular weight is 439 g/mol. The van der Waals surface area contributed by atoms with Crippen molar-refractivity contribution >= 4 is 22.7 Å². The average Bonchev–Trinajstić information content (AvgIpc) is 3.20. The molecule has 3 aromatic heterocycles. The van der Waals surface area contributed by atoms with Gasteiger partial charge in [-0.15, -0.1) is 0 Å². The molecule has 3 unspecified atom stereocenters. The summed E-state index contributed by atoms with van der Waals surface area (Å²) < 4.78 is 3.26. The van der Waals surface area contributed by atoms with Crippen LogP contribution in [-0.4, -0.2) is 59.9 Å². The van der Waals surface area contributed by atoms with E-state index in [0.29, 0.717) is 12.2 Å². The summed E-state index contributed by atoms with van der Waals surface area (Å²) in [6, 6.07) is 3.39. The molecule has 1 aliphatic carbocycles. The van der Waals surface area contributed by atoms with E-state index in [1.807, 2.05) is 19.3 Å². The zero-order chi connectivity index (χ0) is 22.1. The molecule has 0 spiro atoms. The van der Waals surface area contributed by atoms with E-state index in [4.69, 9.17) is 5.10 Å². The third-order valence-corrected chi connectivity index (χ3v) is 6.68. The topological polar surface area (TPSA) is 114 Å². The number of hydrogen-bond donors (Lipinski definition) is 2. The lowest BCUT2D eigenvalue weighted by Crippen LogP contribution is -2.45. The molecule has 1 aliphatic heterocycles. The first-order chi connectivity index (χ1) is 15.6. The van der Waals surface area contributed by atoms with Crippen LogP contribution in [0.1, 0.15) is 51.0 Å². The van der Waals surface area contributed by atoms with Gasteiger partial charge in [0.25, 0.3) is 5.56 Å². The lowest BCUT2D eigenvalue weighted by molar-refractivity contribution is 0.0669. The number of nitrogens with zero attached hydrogens (tertiary/aromatic N) is 7. The third kappa shape index (κ3) is 4.06. The molecule has 0 amide bonds. The molecule has 3 atom stereocenters. The Morgan fingerprint density at radius 2 is 1.94 bits per heavy atom. The van der Waals surface area contributed by atoms with Crippen LogP contribution in [0.25, 0.3) is 11.0 Å².